The highest BCUT2D eigenvalue weighted by Crippen LogP contribution is 2.15. The molecule has 0 saturated carbocycles. The number of hydrogen-bond donors (Lipinski definition) is 1. The largest absolute Gasteiger partial charge is 0.478 e. The van der Waals surface area contributed by atoms with Gasteiger partial charge < -0.3 is 5.11 Å². The summed E-state index contributed by atoms with van der Waals surface area (Å²) < 4.78 is 36.7. The molecule has 1 aromatic carbocycles. The second-order valence-corrected chi connectivity index (χ2v) is 7.20. The maximum atomic E-state index is 13.7. The molecule has 1 N–H and O–H groups in total. The smallest absolute Gasteiger partial charge is 0.335 e. The summed E-state index contributed by atoms with van der Waals surface area (Å²) in [4.78, 5) is 12.7. The van der Waals surface area contributed by atoms with E-state index in [0.29, 0.717) is 19.5 Å². The third-order valence-electron chi connectivity index (χ3n) is 3.33. The van der Waals surface area contributed by atoms with Crippen molar-refractivity contribution in [3.05, 3.63) is 35.1 Å². The monoisotopic (exact) mass is 301 g/mol. The minimum Gasteiger partial charge on any atom is -0.478 e. The molecule has 1 fully saturated rings. The number of benzene rings is 1. The summed E-state index contributed by atoms with van der Waals surface area (Å²) in [6.45, 7) is 1.14. The number of hydrogen-bond acceptors (Lipinski definition) is 4. The van der Waals surface area contributed by atoms with Crippen LogP contribution in [0.1, 0.15) is 22.3 Å². The van der Waals surface area contributed by atoms with E-state index in [9.17, 15) is 17.6 Å². The van der Waals surface area contributed by atoms with Crippen LogP contribution in [-0.4, -0.2) is 49.0 Å². The van der Waals surface area contributed by atoms with Gasteiger partial charge in [0.25, 0.3) is 0 Å². The SMILES string of the molecule is O=C(O)c1ccc(F)c(CN2CCCS(=O)(=O)CC2)c1. The maximum absolute atomic E-state index is 13.7. The molecule has 0 bridgehead atoms. The number of nitrogens with zero attached hydrogens (tertiary/aromatic N) is 1. The van der Waals surface area contributed by atoms with Gasteiger partial charge in [0, 0.05) is 18.7 Å². The fourth-order valence-electron chi connectivity index (χ4n) is 2.22. The number of carboxylic acid groups (broad SMARTS) is 1. The van der Waals surface area contributed by atoms with Gasteiger partial charge in [0.15, 0.2) is 9.84 Å². The van der Waals surface area contributed by atoms with E-state index in [2.05, 4.69) is 0 Å². The van der Waals surface area contributed by atoms with Gasteiger partial charge in [0.1, 0.15) is 5.82 Å². The molecule has 0 aliphatic carbocycles. The van der Waals surface area contributed by atoms with Crippen LogP contribution in [-0.2, 0) is 16.4 Å². The first kappa shape index (κ1) is 14.9. The average molecular weight is 301 g/mol. The maximum Gasteiger partial charge on any atom is 0.335 e. The molecule has 1 heterocycles. The summed E-state index contributed by atoms with van der Waals surface area (Å²) in [6, 6.07) is 3.65. The Morgan fingerprint density at radius 1 is 1.30 bits per heavy atom. The number of aromatic carboxylic acids is 1. The van der Waals surface area contributed by atoms with Gasteiger partial charge in [0.2, 0.25) is 0 Å². The zero-order valence-electron chi connectivity index (χ0n) is 10.9. The van der Waals surface area contributed by atoms with Crippen molar-refractivity contribution in [1.29, 1.82) is 0 Å². The lowest BCUT2D eigenvalue weighted by Crippen LogP contribution is -2.27. The minimum absolute atomic E-state index is 0.0313. The summed E-state index contributed by atoms with van der Waals surface area (Å²) in [5.74, 6) is -1.36. The molecule has 1 aliphatic rings. The molecule has 0 unspecified atom stereocenters. The van der Waals surface area contributed by atoms with Crippen LogP contribution in [0.3, 0.4) is 0 Å². The molecule has 0 atom stereocenters. The van der Waals surface area contributed by atoms with Crippen molar-refractivity contribution >= 4 is 15.8 Å². The number of carbonyl (C=O) groups is 1. The van der Waals surface area contributed by atoms with Gasteiger partial charge >= 0.3 is 5.97 Å². The van der Waals surface area contributed by atoms with E-state index in [4.69, 9.17) is 5.11 Å². The summed E-state index contributed by atoms with van der Waals surface area (Å²) in [6.07, 6.45) is 0.516. The molecule has 7 heteroatoms. The Labute approximate surface area is 116 Å². The van der Waals surface area contributed by atoms with E-state index in [0.717, 1.165) is 6.07 Å². The number of sulfone groups is 1. The quantitative estimate of drug-likeness (QED) is 0.906. The molecule has 1 aromatic rings. The van der Waals surface area contributed by atoms with Crippen LogP contribution in [0.4, 0.5) is 4.39 Å². The Morgan fingerprint density at radius 2 is 2.05 bits per heavy atom. The first-order valence-corrected chi connectivity index (χ1v) is 8.14. The number of carboxylic acids is 1. The summed E-state index contributed by atoms with van der Waals surface area (Å²) >= 11 is 0. The summed E-state index contributed by atoms with van der Waals surface area (Å²) in [7, 11) is -3.01. The highest BCUT2D eigenvalue weighted by atomic mass is 32.2. The van der Waals surface area contributed by atoms with Gasteiger partial charge in [-0.1, -0.05) is 0 Å². The van der Waals surface area contributed by atoms with Crippen LogP contribution in [0.15, 0.2) is 18.2 Å². The third kappa shape index (κ3) is 3.77. The van der Waals surface area contributed by atoms with Gasteiger partial charge in [-0.3, -0.25) is 4.90 Å². The Morgan fingerprint density at radius 3 is 2.75 bits per heavy atom. The summed E-state index contributed by atoms with van der Waals surface area (Å²) in [5.41, 5.74) is 0.313. The van der Waals surface area contributed by atoms with Gasteiger partial charge in [-0.05, 0) is 31.2 Å². The van der Waals surface area contributed by atoms with Crippen LogP contribution in [0.5, 0.6) is 0 Å². The molecule has 5 nitrogen and oxygen atoms in total. The third-order valence-corrected chi connectivity index (χ3v) is 5.05. The van der Waals surface area contributed by atoms with Crippen LogP contribution < -0.4 is 0 Å². The van der Waals surface area contributed by atoms with Gasteiger partial charge in [-0.2, -0.15) is 0 Å². The van der Waals surface area contributed by atoms with E-state index in [1.807, 2.05) is 4.90 Å². The highest BCUT2D eigenvalue weighted by molar-refractivity contribution is 7.91. The van der Waals surface area contributed by atoms with Crippen LogP contribution in [0.2, 0.25) is 0 Å². The highest BCUT2D eigenvalue weighted by Gasteiger charge is 2.20. The first-order valence-electron chi connectivity index (χ1n) is 6.32. The second kappa shape index (κ2) is 5.88. The molecule has 0 aromatic heterocycles. The fourth-order valence-corrected chi connectivity index (χ4v) is 3.53. The van der Waals surface area contributed by atoms with Crippen LogP contribution in [0, 0.1) is 5.82 Å². The Hall–Kier alpha value is -1.47. The minimum atomic E-state index is -3.01. The molecular weight excluding hydrogens is 285 g/mol. The molecule has 110 valence electrons. The Balaban J connectivity index is 2.13. The normalized spacial score (nSPS) is 19.4. The standard InChI is InChI=1S/C13H16FNO4S/c14-12-3-2-10(13(16)17)8-11(12)9-15-4-1-6-20(18,19)7-5-15/h2-3,8H,1,4-7,9H2,(H,16,17). The molecule has 1 aliphatic heterocycles. The zero-order valence-corrected chi connectivity index (χ0v) is 11.7. The topological polar surface area (TPSA) is 74.7 Å². The predicted octanol–water partition coefficient (Wildman–Crippen LogP) is 1.14. The van der Waals surface area contributed by atoms with E-state index >= 15 is 0 Å². The predicted molar refractivity (Wildman–Crippen MR) is 71.9 cm³/mol. The van der Waals surface area contributed by atoms with Crippen molar-refractivity contribution in [2.45, 2.75) is 13.0 Å². The van der Waals surface area contributed by atoms with Crippen LogP contribution >= 0.6 is 0 Å². The fraction of sp³-hybridized carbons (Fsp3) is 0.462. The van der Waals surface area contributed by atoms with E-state index in [-0.39, 0.29) is 29.2 Å². The number of rotatable bonds is 3. The van der Waals surface area contributed by atoms with Gasteiger partial charge in [-0.15, -0.1) is 0 Å². The lowest BCUT2D eigenvalue weighted by atomic mass is 10.1. The van der Waals surface area contributed by atoms with Crippen molar-refractivity contribution in [3.63, 3.8) is 0 Å². The van der Waals surface area contributed by atoms with E-state index in [1.165, 1.54) is 12.1 Å². The van der Waals surface area contributed by atoms with Crippen molar-refractivity contribution in [3.8, 4) is 0 Å². The molecule has 0 amide bonds. The molecule has 0 spiro atoms. The second-order valence-electron chi connectivity index (χ2n) is 4.89. The molecule has 20 heavy (non-hydrogen) atoms. The van der Waals surface area contributed by atoms with Gasteiger partial charge in [0.05, 0.1) is 17.1 Å². The zero-order chi connectivity index (χ0) is 14.8. The Kier molecular flexibility index (Phi) is 4.39. The van der Waals surface area contributed by atoms with Crippen LogP contribution in [0.25, 0.3) is 0 Å². The lowest BCUT2D eigenvalue weighted by Gasteiger charge is -2.19. The first-order chi connectivity index (χ1) is 9.37. The van der Waals surface area contributed by atoms with Crippen molar-refractivity contribution < 1.29 is 22.7 Å². The van der Waals surface area contributed by atoms with Crippen molar-refractivity contribution in [2.75, 3.05) is 24.6 Å². The molecular formula is C13H16FNO4S. The molecule has 0 radical (unpaired) electrons. The van der Waals surface area contributed by atoms with Gasteiger partial charge in [-0.25, -0.2) is 17.6 Å². The van der Waals surface area contributed by atoms with E-state index < -0.39 is 21.6 Å². The van der Waals surface area contributed by atoms with E-state index in [1.54, 1.807) is 0 Å². The Bertz CT molecular complexity index is 615. The lowest BCUT2D eigenvalue weighted by molar-refractivity contribution is 0.0696. The molecule has 1 saturated heterocycles. The average Bonchev–Trinajstić information content (AvgIpc) is 2.53. The summed E-state index contributed by atoms with van der Waals surface area (Å²) in [5, 5.41) is 8.90. The molecule has 2 rings (SSSR count). The van der Waals surface area contributed by atoms with Crippen molar-refractivity contribution in [1.82, 2.24) is 4.90 Å². The number of halogens is 1. The van der Waals surface area contributed by atoms with Crippen molar-refractivity contribution in [2.24, 2.45) is 0 Å².